The third-order valence-electron chi connectivity index (χ3n) is 2.40. The summed E-state index contributed by atoms with van der Waals surface area (Å²) < 4.78 is 0.949. The molecule has 92 valence electrons. The number of hydrogen-bond donors (Lipinski definition) is 1. The SMILES string of the molecule is Cc1ccc(NC(=O)c2cncc(Cl)c2)cc1Br. The quantitative estimate of drug-likeness (QED) is 0.905. The Hall–Kier alpha value is -1.39. The predicted octanol–water partition coefficient (Wildman–Crippen LogP) is 4.06. The van der Waals surface area contributed by atoms with Gasteiger partial charge in [-0.1, -0.05) is 33.6 Å². The van der Waals surface area contributed by atoms with E-state index in [1.807, 2.05) is 25.1 Å². The molecule has 0 unspecified atom stereocenters. The minimum absolute atomic E-state index is 0.235. The summed E-state index contributed by atoms with van der Waals surface area (Å²) in [6.07, 6.45) is 2.96. The van der Waals surface area contributed by atoms with Gasteiger partial charge in [0.25, 0.3) is 5.91 Å². The second kappa shape index (κ2) is 5.50. The van der Waals surface area contributed by atoms with Gasteiger partial charge in [0.1, 0.15) is 0 Å². The summed E-state index contributed by atoms with van der Waals surface area (Å²) in [5, 5.41) is 3.22. The van der Waals surface area contributed by atoms with Crippen LogP contribution in [0.2, 0.25) is 5.02 Å². The van der Waals surface area contributed by atoms with Gasteiger partial charge in [-0.3, -0.25) is 9.78 Å². The van der Waals surface area contributed by atoms with E-state index in [9.17, 15) is 4.79 Å². The van der Waals surface area contributed by atoms with Crippen molar-refractivity contribution in [3.8, 4) is 0 Å². The zero-order chi connectivity index (χ0) is 13.1. The minimum Gasteiger partial charge on any atom is -0.322 e. The first-order valence-electron chi connectivity index (χ1n) is 5.24. The number of hydrogen-bond acceptors (Lipinski definition) is 2. The molecular weight excluding hydrogens is 316 g/mol. The van der Waals surface area contributed by atoms with Crippen LogP contribution in [0.4, 0.5) is 5.69 Å². The summed E-state index contributed by atoms with van der Waals surface area (Å²) in [5.41, 5.74) is 2.26. The highest BCUT2D eigenvalue weighted by Gasteiger charge is 2.07. The first-order valence-corrected chi connectivity index (χ1v) is 6.41. The number of pyridine rings is 1. The Morgan fingerprint density at radius 2 is 2.11 bits per heavy atom. The third kappa shape index (κ3) is 3.09. The van der Waals surface area contributed by atoms with Crippen molar-refractivity contribution in [1.29, 1.82) is 0 Å². The largest absolute Gasteiger partial charge is 0.322 e. The number of halogens is 2. The molecule has 18 heavy (non-hydrogen) atoms. The van der Waals surface area contributed by atoms with Gasteiger partial charge in [-0.2, -0.15) is 0 Å². The zero-order valence-corrected chi connectivity index (χ0v) is 11.9. The Morgan fingerprint density at radius 3 is 2.78 bits per heavy atom. The van der Waals surface area contributed by atoms with Gasteiger partial charge < -0.3 is 5.32 Å². The number of carbonyl (C=O) groups excluding carboxylic acids is 1. The van der Waals surface area contributed by atoms with Crippen LogP contribution in [0.15, 0.2) is 41.1 Å². The van der Waals surface area contributed by atoms with Crippen LogP contribution in [0.25, 0.3) is 0 Å². The van der Waals surface area contributed by atoms with Crippen molar-refractivity contribution in [2.75, 3.05) is 5.32 Å². The van der Waals surface area contributed by atoms with Gasteiger partial charge >= 0.3 is 0 Å². The van der Waals surface area contributed by atoms with E-state index in [2.05, 4.69) is 26.2 Å². The van der Waals surface area contributed by atoms with E-state index < -0.39 is 0 Å². The second-order valence-electron chi connectivity index (χ2n) is 3.81. The highest BCUT2D eigenvalue weighted by molar-refractivity contribution is 9.10. The summed E-state index contributed by atoms with van der Waals surface area (Å²) in [6, 6.07) is 7.20. The van der Waals surface area contributed by atoms with E-state index in [0.717, 1.165) is 15.7 Å². The molecule has 5 heteroatoms. The molecule has 0 saturated carbocycles. The van der Waals surface area contributed by atoms with Crippen molar-refractivity contribution in [2.24, 2.45) is 0 Å². The predicted molar refractivity (Wildman–Crippen MR) is 76.1 cm³/mol. The minimum atomic E-state index is -0.235. The van der Waals surface area contributed by atoms with E-state index in [1.165, 1.54) is 12.4 Å². The second-order valence-corrected chi connectivity index (χ2v) is 5.10. The van der Waals surface area contributed by atoms with Gasteiger partial charge in [-0.15, -0.1) is 0 Å². The number of rotatable bonds is 2. The number of benzene rings is 1. The van der Waals surface area contributed by atoms with Crippen LogP contribution in [0.5, 0.6) is 0 Å². The summed E-state index contributed by atoms with van der Waals surface area (Å²) in [6.45, 7) is 1.98. The van der Waals surface area contributed by atoms with Gasteiger partial charge in [0.05, 0.1) is 10.6 Å². The molecule has 0 atom stereocenters. The van der Waals surface area contributed by atoms with Crippen LogP contribution < -0.4 is 5.32 Å². The maximum atomic E-state index is 11.9. The van der Waals surface area contributed by atoms with Crippen LogP contribution in [-0.4, -0.2) is 10.9 Å². The van der Waals surface area contributed by atoms with E-state index in [0.29, 0.717) is 10.6 Å². The van der Waals surface area contributed by atoms with Gasteiger partial charge in [0.15, 0.2) is 0 Å². The Balaban J connectivity index is 2.18. The maximum absolute atomic E-state index is 11.9. The van der Waals surface area contributed by atoms with E-state index >= 15 is 0 Å². The van der Waals surface area contributed by atoms with Crippen molar-refractivity contribution < 1.29 is 4.79 Å². The molecule has 0 radical (unpaired) electrons. The Bertz CT molecular complexity index is 601. The normalized spacial score (nSPS) is 10.2. The Morgan fingerprint density at radius 1 is 1.33 bits per heavy atom. The molecule has 0 spiro atoms. The fraction of sp³-hybridized carbons (Fsp3) is 0.0769. The Labute approximate surface area is 118 Å². The highest BCUT2D eigenvalue weighted by Crippen LogP contribution is 2.21. The molecule has 0 aliphatic carbocycles. The van der Waals surface area contributed by atoms with Crippen molar-refractivity contribution in [2.45, 2.75) is 6.92 Å². The standard InChI is InChI=1S/C13H10BrClN2O/c1-8-2-3-11(5-12(8)14)17-13(18)9-4-10(15)7-16-6-9/h2-7H,1H3,(H,17,18). The lowest BCUT2D eigenvalue weighted by atomic mass is 10.2. The van der Waals surface area contributed by atoms with Gasteiger partial charge in [-0.25, -0.2) is 0 Å². The number of aryl methyl sites for hydroxylation is 1. The molecule has 0 aliphatic heterocycles. The molecular formula is C13H10BrClN2O. The average molecular weight is 326 g/mol. The number of nitrogens with one attached hydrogen (secondary N) is 1. The van der Waals surface area contributed by atoms with E-state index in [-0.39, 0.29) is 5.91 Å². The molecule has 1 heterocycles. The smallest absolute Gasteiger partial charge is 0.257 e. The van der Waals surface area contributed by atoms with Crippen LogP contribution in [0.1, 0.15) is 15.9 Å². The molecule has 0 saturated heterocycles. The molecule has 1 aromatic heterocycles. The van der Waals surface area contributed by atoms with Crippen LogP contribution in [0, 0.1) is 6.92 Å². The maximum Gasteiger partial charge on any atom is 0.257 e. The highest BCUT2D eigenvalue weighted by atomic mass is 79.9. The Kier molecular flexibility index (Phi) is 3.99. The van der Waals surface area contributed by atoms with Crippen molar-refractivity contribution >= 4 is 39.1 Å². The lowest BCUT2D eigenvalue weighted by molar-refractivity contribution is 0.102. The van der Waals surface area contributed by atoms with Gasteiger partial charge in [0, 0.05) is 22.6 Å². The van der Waals surface area contributed by atoms with Crippen LogP contribution in [0.3, 0.4) is 0 Å². The molecule has 3 nitrogen and oxygen atoms in total. The molecule has 0 fully saturated rings. The number of aromatic nitrogens is 1. The van der Waals surface area contributed by atoms with Crippen molar-refractivity contribution in [3.05, 3.63) is 57.3 Å². The summed E-state index contributed by atoms with van der Waals surface area (Å²) in [7, 11) is 0. The number of anilines is 1. The van der Waals surface area contributed by atoms with Gasteiger partial charge in [0.2, 0.25) is 0 Å². The molecule has 1 aromatic carbocycles. The van der Waals surface area contributed by atoms with Gasteiger partial charge in [-0.05, 0) is 30.7 Å². The van der Waals surface area contributed by atoms with E-state index in [1.54, 1.807) is 6.07 Å². The van der Waals surface area contributed by atoms with Crippen molar-refractivity contribution in [3.63, 3.8) is 0 Å². The number of carbonyl (C=O) groups is 1. The molecule has 0 aliphatic rings. The summed E-state index contributed by atoms with van der Waals surface area (Å²) in [4.78, 5) is 15.8. The molecule has 0 bridgehead atoms. The fourth-order valence-corrected chi connectivity index (χ4v) is 1.96. The summed E-state index contributed by atoms with van der Waals surface area (Å²) in [5.74, 6) is -0.235. The topological polar surface area (TPSA) is 42.0 Å². The number of amides is 1. The molecule has 2 rings (SSSR count). The first-order chi connectivity index (χ1) is 8.56. The third-order valence-corrected chi connectivity index (χ3v) is 3.46. The lowest BCUT2D eigenvalue weighted by Gasteiger charge is -2.07. The molecule has 2 aromatic rings. The lowest BCUT2D eigenvalue weighted by Crippen LogP contribution is -2.12. The zero-order valence-electron chi connectivity index (χ0n) is 9.58. The van der Waals surface area contributed by atoms with E-state index in [4.69, 9.17) is 11.6 Å². The van der Waals surface area contributed by atoms with Crippen LogP contribution >= 0.6 is 27.5 Å². The van der Waals surface area contributed by atoms with Crippen molar-refractivity contribution in [1.82, 2.24) is 4.98 Å². The monoisotopic (exact) mass is 324 g/mol. The number of nitrogens with zero attached hydrogens (tertiary/aromatic N) is 1. The molecule has 1 N–H and O–H groups in total. The fourth-order valence-electron chi connectivity index (χ4n) is 1.41. The first kappa shape index (κ1) is 13.1. The summed E-state index contributed by atoms with van der Waals surface area (Å²) >= 11 is 9.21. The van der Waals surface area contributed by atoms with Crippen LogP contribution in [-0.2, 0) is 0 Å². The molecule has 1 amide bonds. The average Bonchev–Trinajstić information content (AvgIpc) is 2.34.